The lowest BCUT2D eigenvalue weighted by molar-refractivity contribution is -0.139. The molecule has 2 heterocycles. The molecule has 0 aromatic carbocycles. The van der Waals surface area contributed by atoms with Gasteiger partial charge in [-0.15, -0.1) is 0 Å². The van der Waals surface area contributed by atoms with Crippen LogP contribution in [-0.4, -0.2) is 82.6 Å². The number of amides is 6. The van der Waals surface area contributed by atoms with Gasteiger partial charge in [-0.3, -0.25) is 38.6 Å². The molecular formula is C17H20N4O7. The summed E-state index contributed by atoms with van der Waals surface area (Å²) in [5.74, 6) is -2.84. The largest absolute Gasteiger partial charge is 0.389 e. The molecule has 2 rings (SSSR count). The summed E-state index contributed by atoms with van der Waals surface area (Å²) in [6.07, 6.45) is 3.23. The van der Waals surface area contributed by atoms with E-state index in [2.05, 4.69) is 10.6 Å². The number of aliphatic hydroxyl groups excluding tert-OH is 1. The molecule has 0 aromatic heterocycles. The molecule has 0 bridgehead atoms. The van der Waals surface area contributed by atoms with Gasteiger partial charge in [-0.2, -0.15) is 0 Å². The van der Waals surface area contributed by atoms with Gasteiger partial charge in [0.1, 0.15) is 0 Å². The number of hydrogen-bond acceptors (Lipinski definition) is 7. The van der Waals surface area contributed by atoms with Crippen molar-refractivity contribution in [1.29, 1.82) is 0 Å². The average molecular weight is 392 g/mol. The minimum absolute atomic E-state index is 0.0634. The molecule has 0 atom stereocenters. The Morgan fingerprint density at radius 1 is 0.750 bits per heavy atom. The van der Waals surface area contributed by atoms with Gasteiger partial charge in [-0.1, -0.05) is 0 Å². The molecule has 0 spiro atoms. The third-order valence-corrected chi connectivity index (χ3v) is 4.00. The second-order valence-electron chi connectivity index (χ2n) is 6.08. The molecule has 150 valence electrons. The van der Waals surface area contributed by atoms with Crippen LogP contribution in [0.25, 0.3) is 0 Å². The van der Waals surface area contributed by atoms with E-state index in [4.69, 9.17) is 0 Å². The minimum Gasteiger partial charge on any atom is -0.389 e. The predicted octanol–water partition coefficient (Wildman–Crippen LogP) is -2.79. The van der Waals surface area contributed by atoms with Gasteiger partial charge in [-0.05, 0) is 0 Å². The van der Waals surface area contributed by atoms with E-state index in [0.29, 0.717) is 0 Å². The van der Waals surface area contributed by atoms with E-state index in [1.165, 1.54) is 0 Å². The van der Waals surface area contributed by atoms with Crippen LogP contribution in [0.4, 0.5) is 0 Å². The van der Waals surface area contributed by atoms with Crippen molar-refractivity contribution in [1.82, 2.24) is 20.4 Å². The zero-order chi connectivity index (χ0) is 20.7. The summed E-state index contributed by atoms with van der Waals surface area (Å²) in [5, 5.41) is 14.7. The van der Waals surface area contributed by atoms with Gasteiger partial charge in [-0.25, -0.2) is 0 Å². The van der Waals surface area contributed by atoms with Gasteiger partial charge < -0.3 is 15.7 Å². The summed E-state index contributed by atoms with van der Waals surface area (Å²) in [6, 6.07) is 0. The van der Waals surface area contributed by atoms with Crippen LogP contribution < -0.4 is 10.6 Å². The number of carbonyl (C=O) groups is 6. The van der Waals surface area contributed by atoms with Crippen molar-refractivity contribution in [3.8, 4) is 0 Å². The molecule has 0 fully saturated rings. The number of aliphatic hydroxyl groups is 1. The van der Waals surface area contributed by atoms with Crippen molar-refractivity contribution in [2.24, 2.45) is 0 Å². The predicted molar refractivity (Wildman–Crippen MR) is 93.0 cm³/mol. The highest BCUT2D eigenvalue weighted by atomic mass is 16.3. The van der Waals surface area contributed by atoms with Crippen LogP contribution in [-0.2, 0) is 28.8 Å². The Hall–Kier alpha value is -3.34. The fourth-order valence-electron chi connectivity index (χ4n) is 2.44. The number of rotatable bonds is 10. The van der Waals surface area contributed by atoms with E-state index < -0.39 is 41.5 Å². The van der Waals surface area contributed by atoms with E-state index >= 15 is 0 Å². The van der Waals surface area contributed by atoms with E-state index in [1.54, 1.807) is 0 Å². The first-order chi connectivity index (χ1) is 13.3. The van der Waals surface area contributed by atoms with E-state index in [-0.39, 0.29) is 39.0 Å². The van der Waals surface area contributed by atoms with Crippen molar-refractivity contribution in [3.63, 3.8) is 0 Å². The van der Waals surface area contributed by atoms with E-state index in [9.17, 15) is 33.9 Å². The van der Waals surface area contributed by atoms with Crippen molar-refractivity contribution < 1.29 is 33.9 Å². The highest BCUT2D eigenvalue weighted by molar-refractivity contribution is 6.13. The number of hydrogen-bond donors (Lipinski definition) is 3. The van der Waals surface area contributed by atoms with Crippen LogP contribution >= 0.6 is 0 Å². The van der Waals surface area contributed by atoms with Crippen molar-refractivity contribution >= 4 is 35.4 Å². The van der Waals surface area contributed by atoms with Gasteiger partial charge in [0.15, 0.2) is 0 Å². The van der Waals surface area contributed by atoms with Crippen LogP contribution in [0.5, 0.6) is 0 Å². The Labute approximate surface area is 160 Å². The van der Waals surface area contributed by atoms with Gasteiger partial charge in [0, 0.05) is 63.3 Å². The Bertz CT molecular complexity index is 661. The zero-order valence-electron chi connectivity index (χ0n) is 14.9. The first kappa shape index (κ1) is 21.0. The number of carbonyl (C=O) groups excluding carboxylic acids is 6. The fraction of sp³-hybridized carbons (Fsp3) is 0.412. The summed E-state index contributed by atoms with van der Waals surface area (Å²) < 4.78 is 0. The van der Waals surface area contributed by atoms with Crippen molar-refractivity contribution in [2.75, 3.05) is 26.2 Å². The normalized spacial score (nSPS) is 15.9. The van der Waals surface area contributed by atoms with Crippen LogP contribution in [0.3, 0.4) is 0 Å². The lowest BCUT2D eigenvalue weighted by Crippen LogP contribution is -2.42. The molecule has 0 aliphatic carbocycles. The number of nitrogens with zero attached hydrogens (tertiary/aromatic N) is 2. The summed E-state index contributed by atoms with van der Waals surface area (Å²) in [6.45, 7) is -0.392. The Balaban J connectivity index is 1.57. The molecule has 2 aliphatic heterocycles. The van der Waals surface area contributed by atoms with Crippen LogP contribution in [0.15, 0.2) is 24.3 Å². The summed E-state index contributed by atoms with van der Waals surface area (Å²) in [5.41, 5.74) is 0. The third kappa shape index (κ3) is 5.84. The molecule has 11 nitrogen and oxygen atoms in total. The maximum Gasteiger partial charge on any atom is 0.253 e. The second-order valence-corrected chi connectivity index (χ2v) is 6.08. The first-order valence-corrected chi connectivity index (χ1v) is 8.56. The molecule has 3 N–H and O–H groups in total. The lowest BCUT2D eigenvalue weighted by atomic mass is 10.3. The Morgan fingerprint density at radius 2 is 1.07 bits per heavy atom. The molecule has 0 radical (unpaired) electrons. The monoisotopic (exact) mass is 392 g/mol. The third-order valence-electron chi connectivity index (χ3n) is 4.00. The average Bonchev–Trinajstić information content (AvgIpc) is 3.15. The zero-order valence-corrected chi connectivity index (χ0v) is 14.9. The smallest absolute Gasteiger partial charge is 0.253 e. The fourth-order valence-corrected chi connectivity index (χ4v) is 2.44. The summed E-state index contributed by atoms with van der Waals surface area (Å²) >= 11 is 0. The SMILES string of the molecule is O=C(CCN1C(=O)C=CC1=O)NCC(O)CNC(=O)CCN1C(=O)C=CC1=O. The summed E-state index contributed by atoms with van der Waals surface area (Å²) in [4.78, 5) is 70.7. The summed E-state index contributed by atoms with van der Waals surface area (Å²) in [7, 11) is 0. The molecule has 11 heteroatoms. The molecule has 6 amide bonds. The first-order valence-electron chi connectivity index (χ1n) is 8.56. The molecule has 0 saturated carbocycles. The van der Waals surface area contributed by atoms with Crippen LogP contribution in [0, 0.1) is 0 Å². The quantitative estimate of drug-likeness (QED) is 0.340. The minimum atomic E-state index is -1.05. The molecule has 0 unspecified atom stereocenters. The second kappa shape index (κ2) is 9.55. The van der Waals surface area contributed by atoms with Gasteiger partial charge in [0.2, 0.25) is 11.8 Å². The Kier molecular flexibility index (Phi) is 7.15. The number of nitrogens with one attached hydrogen (secondary N) is 2. The highest BCUT2D eigenvalue weighted by Gasteiger charge is 2.24. The number of imide groups is 2. The van der Waals surface area contributed by atoms with Gasteiger partial charge in [0.05, 0.1) is 6.10 Å². The molecule has 0 saturated heterocycles. The van der Waals surface area contributed by atoms with E-state index in [0.717, 1.165) is 34.1 Å². The maximum absolute atomic E-state index is 11.7. The molecular weight excluding hydrogens is 372 g/mol. The molecule has 0 aromatic rings. The highest BCUT2D eigenvalue weighted by Crippen LogP contribution is 2.05. The van der Waals surface area contributed by atoms with Crippen molar-refractivity contribution in [2.45, 2.75) is 18.9 Å². The van der Waals surface area contributed by atoms with Crippen LogP contribution in [0.2, 0.25) is 0 Å². The lowest BCUT2D eigenvalue weighted by Gasteiger charge is -2.16. The molecule has 28 heavy (non-hydrogen) atoms. The Morgan fingerprint density at radius 3 is 1.39 bits per heavy atom. The molecule has 2 aliphatic rings. The van der Waals surface area contributed by atoms with Gasteiger partial charge >= 0.3 is 0 Å². The maximum atomic E-state index is 11.7. The van der Waals surface area contributed by atoms with Crippen molar-refractivity contribution in [3.05, 3.63) is 24.3 Å². The van der Waals surface area contributed by atoms with E-state index in [1.807, 2.05) is 0 Å². The van der Waals surface area contributed by atoms with Gasteiger partial charge in [0.25, 0.3) is 23.6 Å². The topological polar surface area (TPSA) is 153 Å². The standard InChI is InChI=1S/C17H20N4O7/c22-11(9-18-12(23)5-7-20-14(25)1-2-15(20)26)10-19-13(24)6-8-21-16(27)3-4-17(21)28/h1-4,11,22H,5-10H2,(H,18,23)(H,19,24). The van der Waals surface area contributed by atoms with Crippen LogP contribution in [0.1, 0.15) is 12.8 Å².